The normalized spacial score (nSPS) is 10.4. The minimum Gasteiger partial charge on any atom is -0.490 e. The summed E-state index contributed by atoms with van der Waals surface area (Å²) >= 11 is 7.67. The Morgan fingerprint density at radius 1 is 1.39 bits per heavy atom. The molecule has 8 heteroatoms. The molecule has 2 N–H and O–H groups in total. The first-order chi connectivity index (χ1) is 11.1. The third-order valence-electron chi connectivity index (χ3n) is 2.83. The van der Waals surface area contributed by atoms with Crippen molar-refractivity contribution in [1.29, 1.82) is 0 Å². The van der Waals surface area contributed by atoms with E-state index in [4.69, 9.17) is 21.1 Å². The summed E-state index contributed by atoms with van der Waals surface area (Å²) in [6.45, 7) is 3.25. The van der Waals surface area contributed by atoms with E-state index < -0.39 is 0 Å². The molecule has 2 rings (SSSR count). The number of carbonyl (C=O) groups is 1. The molecule has 0 aliphatic carbocycles. The zero-order chi connectivity index (χ0) is 16.7. The molecule has 1 aromatic carbocycles. The lowest BCUT2D eigenvalue weighted by molar-refractivity contribution is 0.146. The van der Waals surface area contributed by atoms with Crippen molar-refractivity contribution in [1.82, 2.24) is 10.3 Å². The predicted octanol–water partition coefficient (Wildman–Crippen LogP) is 3.45. The van der Waals surface area contributed by atoms with Gasteiger partial charge in [-0.05, 0) is 25.1 Å². The molecule has 1 aromatic heterocycles. The number of nitrogens with zero attached hydrogens (tertiary/aromatic N) is 1. The quantitative estimate of drug-likeness (QED) is 0.746. The van der Waals surface area contributed by atoms with Crippen LogP contribution in [-0.4, -0.2) is 31.3 Å². The van der Waals surface area contributed by atoms with E-state index >= 15 is 0 Å². The summed E-state index contributed by atoms with van der Waals surface area (Å²) in [6.07, 6.45) is 1.75. The average molecular weight is 356 g/mol. The Balaban J connectivity index is 1.84. The van der Waals surface area contributed by atoms with Crippen LogP contribution in [0.4, 0.5) is 10.5 Å². The number of carbonyl (C=O) groups excluding carboxylic acids is 1. The van der Waals surface area contributed by atoms with Gasteiger partial charge in [-0.15, -0.1) is 11.3 Å². The first-order valence-electron chi connectivity index (χ1n) is 6.96. The maximum Gasteiger partial charge on any atom is 0.319 e. The molecule has 0 aliphatic rings. The number of halogens is 1. The van der Waals surface area contributed by atoms with Crippen LogP contribution in [0, 0.1) is 6.92 Å². The molecule has 124 valence electrons. The maximum absolute atomic E-state index is 11.9. The molecule has 2 aromatic rings. The van der Waals surface area contributed by atoms with Gasteiger partial charge in [0.05, 0.1) is 23.2 Å². The Morgan fingerprint density at radius 2 is 2.22 bits per heavy atom. The standard InChI is InChI=1S/C15H18ClN3O3S/c1-10-17-8-12(23-10)9-18-15(20)19-11-3-4-14(13(16)7-11)22-6-5-21-2/h3-4,7-8H,5-6,9H2,1-2H3,(H2,18,19,20). The Kier molecular flexibility index (Phi) is 6.64. The van der Waals surface area contributed by atoms with Gasteiger partial charge in [0.1, 0.15) is 12.4 Å². The van der Waals surface area contributed by atoms with E-state index in [0.29, 0.717) is 36.2 Å². The van der Waals surface area contributed by atoms with Gasteiger partial charge in [0.25, 0.3) is 0 Å². The lowest BCUT2D eigenvalue weighted by Gasteiger charge is -2.10. The summed E-state index contributed by atoms with van der Waals surface area (Å²) in [5.41, 5.74) is 0.590. The number of hydrogen-bond donors (Lipinski definition) is 2. The molecular weight excluding hydrogens is 338 g/mol. The van der Waals surface area contributed by atoms with Gasteiger partial charge >= 0.3 is 6.03 Å². The smallest absolute Gasteiger partial charge is 0.319 e. The van der Waals surface area contributed by atoms with Crippen LogP contribution in [0.3, 0.4) is 0 Å². The van der Waals surface area contributed by atoms with Crippen molar-refractivity contribution in [3.05, 3.63) is 39.3 Å². The average Bonchev–Trinajstić information content (AvgIpc) is 2.93. The lowest BCUT2D eigenvalue weighted by Crippen LogP contribution is -2.27. The number of rotatable bonds is 7. The first-order valence-corrected chi connectivity index (χ1v) is 8.15. The molecule has 2 amide bonds. The van der Waals surface area contributed by atoms with Gasteiger partial charge in [0.2, 0.25) is 0 Å². The highest BCUT2D eigenvalue weighted by Gasteiger charge is 2.07. The van der Waals surface area contributed by atoms with Crippen LogP contribution >= 0.6 is 22.9 Å². The van der Waals surface area contributed by atoms with Crippen molar-refractivity contribution in [2.75, 3.05) is 25.6 Å². The van der Waals surface area contributed by atoms with E-state index in [9.17, 15) is 4.79 Å². The Labute approximate surface area is 143 Å². The summed E-state index contributed by atoms with van der Waals surface area (Å²) in [5, 5.41) is 6.89. The summed E-state index contributed by atoms with van der Waals surface area (Å²) in [6, 6.07) is 4.77. The number of urea groups is 1. The Morgan fingerprint density at radius 3 is 2.87 bits per heavy atom. The second-order valence-corrected chi connectivity index (χ2v) is 6.37. The molecule has 0 saturated heterocycles. The van der Waals surface area contributed by atoms with Crippen molar-refractivity contribution < 1.29 is 14.3 Å². The van der Waals surface area contributed by atoms with Crippen LogP contribution in [0.1, 0.15) is 9.88 Å². The third kappa shape index (κ3) is 5.70. The monoisotopic (exact) mass is 355 g/mol. The molecule has 0 unspecified atom stereocenters. The lowest BCUT2D eigenvalue weighted by atomic mass is 10.3. The molecule has 0 bridgehead atoms. The topological polar surface area (TPSA) is 72.5 Å². The Bertz CT molecular complexity index is 663. The number of benzene rings is 1. The zero-order valence-corrected chi connectivity index (χ0v) is 14.5. The van der Waals surface area contributed by atoms with E-state index in [1.807, 2.05) is 6.92 Å². The molecular formula is C15H18ClN3O3S. The second-order valence-electron chi connectivity index (χ2n) is 4.64. The molecule has 0 fully saturated rings. The zero-order valence-electron chi connectivity index (χ0n) is 12.9. The van der Waals surface area contributed by atoms with Crippen LogP contribution in [-0.2, 0) is 11.3 Å². The maximum atomic E-state index is 11.9. The fraction of sp³-hybridized carbons (Fsp3) is 0.333. The summed E-state index contributed by atoms with van der Waals surface area (Å²) in [4.78, 5) is 17.0. The molecule has 0 atom stereocenters. The van der Waals surface area contributed by atoms with E-state index in [1.165, 1.54) is 0 Å². The molecule has 0 saturated carbocycles. The molecule has 0 spiro atoms. The summed E-state index contributed by atoms with van der Waals surface area (Å²) in [7, 11) is 1.60. The van der Waals surface area contributed by atoms with Gasteiger partial charge in [-0.1, -0.05) is 11.6 Å². The molecule has 0 aliphatic heterocycles. The molecule has 1 heterocycles. The highest BCUT2D eigenvalue weighted by Crippen LogP contribution is 2.27. The minimum atomic E-state index is -0.305. The van der Waals surface area contributed by atoms with Crippen LogP contribution in [0.5, 0.6) is 5.75 Å². The fourth-order valence-electron chi connectivity index (χ4n) is 1.76. The number of methoxy groups -OCH3 is 1. The van der Waals surface area contributed by atoms with E-state index in [-0.39, 0.29) is 6.03 Å². The molecule has 6 nitrogen and oxygen atoms in total. The van der Waals surface area contributed by atoms with Crippen LogP contribution in [0.25, 0.3) is 0 Å². The van der Waals surface area contributed by atoms with Gasteiger partial charge in [-0.3, -0.25) is 0 Å². The highest BCUT2D eigenvalue weighted by molar-refractivity contribution is 7.11. The van der Waals surface area contributed by atoms with Crippen LogP contribution in [0.15, 0.2) is 24.4 Å². The molecule has 0 radical (unpaired) electrons. The largest absolute Gasteiger partial charge is 0.490 e. The Hall–Kier alpha value is -1.83. The number of thiazole rings is 1. The summed E-state index contributed by atoms with van der Waals surface area (Å²) in [5.74, 6) is 0.551. The fourth-order valence-corrected chi connectivity index (χ4v) is 2.73. The highest BCUT2D eigenvalue weighted by atomic mass is 35.5. The number of aromatic nitrogens is 1. The SMILES string of the molecule is COCCOc1ccc(NC(=O)NCc2cnc(C)s2)cc1Cl. The van der Waals surface area contributed by atoms with Gasteiger partial charge in [-0.2, -0.15) is 0 Å². The van der Waals surface area contributed by atoms with Crippen molar-refractivity contribution >= 4 is 34.7 Å². The number of amides is 2. The van der Waals surface area contributed by atoms with Crippen molar-refractivity contribution in [3.8, 4) is 5.75 Å². The van der Waals surface area contributed by atoms with Crippen molar-refractivity contribution in [2.45, 2.75) is 13.5 Å². The number of nitrogens with one attached hydrogen (secondary N) is 2. The van der Waals surface area contributed by atoms with Gasteiger partial charge < -0.3 is 20.1 Å². The van der Waals surface area contributed by atoms with Gasteiger partial charge in [-0.25, -0.2) is 9.78 Å². The van der Waals surface area contributed by atoms with Gasteiger partial charge in [0.15, 0.2) is 0 Å². The van der Waals surface area contributed by atoms with E-state index in [0.717, 1.165) is 9.88 Å². The van der Waals surface area contributed by atoms with E-state index in [1.54, 1.807) is 42.8 Å². The number of aryl methyl sites for hydroxylation is 1. The number of anilines is 1. The second kappa shape index (κ2) is 8.71. The predicted molar refractivity (Wildman–Crippen MR) is 91.5 cm³/mol. The minimum absolute atomic E-state index is 0.305. The first kappa shape index (κ1) is 17.5. The van der Waals surface area contributed by atoms with Crippen LogP contribution in [0.2, 0.25) is 5.02 Å². The van der Waals surface area contributed by atoms with E-state index in [2.05, 4.69) is 15.6 Å². The van der Waals surface area contributed by atoms with Gasteiger partial charge in [0, 0.05) is 23.9 Å². The van der Waals surface area contributed by atoms with Crippen molar-refractivity contribution in [2.24, 2.45) is 0 Å². The molecule has 23 heavy (non-hydrogen) atoms. The van der Waals surface area contributed by atoms with Crippen LogP contribution < -0.4 is 15.4 Å². The number of hydrogen-bond acceptors (Lipinski definition) is 5. The van der Waals surface area contributed by atoms with Crippen molar-refractivity contribution in [3.63, 3.8) is 0 Å². The third-order valence-corrected chi connectivity index (χ3v) is 4.04. The number of ether oxygens (including phenoxy) is 2. The summed E-state index contributed by atoms with van der Waals surface area (Å²) < 4.78 is 10.4.